The van der Waals surface area contributed by atoms with E-state index in [2.05, 4.69) is 10.4 Å². The lowest BCUT2D eigenvalue weighted by atomic mass is 10.0. The number of hydrazine groups is 1. The predicted molar refractivity (Wildman–Crippen MR) is 79.3 cm³/mol. The highest BCUT2D eigenvalue weighted by Crippen LogP contribution is 2.28. The van der Waals surface area contributed by atoms with Gasteiger partial charge in [-0.15, -0.1) is 0 Å². The van der Waals surface area contributed by atoms with E-state index in [0.29, 0.717) is 10.0 Å². The van der Waals surface area contributed by atoms with Crippen LogP contribution in [0.25, 0.3) is 0 Å². The molecule has 1 heterocycles. The van der Waals surface area contributed by atoms with Gasteiger partial charge in [-0.2, -0.15) is 0 Å². The molecule has 0 saturated heterocycles. The first-order chi connectivity index (χ1) is 9.01. The van der Waals surface area contributed by atoms with Gasteiger partial charge in [0.1, 0.15) is 0 Å². The van der Waals surface area contributed by atoms with Crippen LogP contribution in [0.2, 0.25) is 10.0 Å². The smallest absolute Gasteiger partial charge is 0.0882 e. The average Bonchev–Trinajstić information content (AvgIpc) is 2.33. The first-order valence-corrected chi connectivity index (χ1v) is 6.63. The minimum atomic E-state index is -0.214. The van der Waals surface area contributed by atoms with Gasteiger partial charge in [0.15, 0.2) is 0 Å². The number of benzene rings is 1. The zero-order valence-corrected chi connectivity index (χ0v) is 12.3. The van der Waals surface area contributed by atoms with E-state index in [9.17, 15) is 0 Å². The second-order valence-corrected chi connectivity index (χ2v) is 5.30. The molecule has 3 N–H and O–H groups in total. The molecule has 0 saturated carbocycles. The van der Waals surface area contributed by atoms with Crippen LogP contribution in [0.5, 0.6) is 0 Å². The van der Waals surface area contributed by atoms with Crippen molar-refractivity contribution in [2.24, 2.45) is 5.84 Å². The fraction of sp³-hybridized carbons (Fsp3) is 0.214. The van der Waals surface area contributed by atoms with Crippen molar-refractivity contribution in [2.75, 3.05) is 0 Å². The van der Waals surface area contributed by atoms with E-state index in [1.54, 1.807) is 12.1 Å². The molecule has 0 fully saturated rings. The largest absolute Gasteiger partial charge is 0.271 e. The maximum atomic E-state index is 6.04. The van der Waals surface area contributed by atoms with Crippen molar-refractivity contribution in [3.8, 4) is 0 Å². The Morgan fingerprint density at radius 3 is 2.42 bits per heavy atom. The van der Waals surface area contributed by atoms with E-state index in [1.165, 1.54) is 0 Å². The molecule has 1 aromatic carbocycles. The molecule has 3 nitrogen and oxygen atoms in total. The second kappa shape index (κ2) is 5.88. The summed E-state index contributed by atoms with van der Waals surface area (Å²) < 4.78 is 0. The fourth-order valence-electron chi connectivity index (χ4n) is 2.06. The molecular weight excluding hydrogens is 281 g/mol. The molecule has 19 heavy (non-hydrogen) atoms. The quantitative estimate of drug-likeness (QED) is 0.672. The number of aryl methyl sites for hydroxylation is 2. The molecule has 1 unspecified atom stereocenters. The van der Waals surface area contributed by atoms with Gasteiger partial charge in [-0.25, -0.2) is 5.43 Å². The minimum absolute atomic E-state index is 0.214. The van der Waals surface area contributed by atoms with Gasteiger partial charge in [0.25, 0.3) is 0 Å². The van der Waals surface area contributed by atoms with Crippen molar-refractivity contribution >= 4 is 23.2 Å². The monoisotopic (exact) mass is 295 g/mol. The predicted octanol–water partition coefficient (Wildman–Crippen LogP) is 3.56. The molecule has 1 aromatic heterocycles. The fourth-order valence-corrected chi connectivity index (χ4v) is 2.37. The highest BCUT2D eigenvalue weighted by Gasteiger charge is 2.15. The summed E-state index contributed by atoms with van der Waals surface area (Å²) in [5, 5.41) is 1.03. The Hall–Kier alpha value is -1.13. The SMILES string of the molecule is Cc1cc(C)nc(C(NN)c2ccc(Cl)c(Cl)c2)c1. The first kappa shape index (κ1) is 14.3. The van der Waals surface area contributed by atoms with Crippen LogP contribution in [0.3, 0.4) is 0 Å². The van der Waals surface area contributed by atoms with Crippen molar-refractivity contribution in [1.82, 2.24) is 10.4 Å². The van der Waals surface area contributed by atoms with Gasteiger partial charge in [-0.1, -0.05) is 29.3 Å². The maximum absolute atomic E-state index is 6.04. The molecule has 100 valence electrons. The third-order valence-electron chi connectivity index (χ3n) is 2.86. The number of nitrogens with zero attached hydrogens (tertiary/aromatic N) is 1. The van der Waals surface area contributed by atoms with E-state index in [-0.39, 0.29) is 6.04 Å². The zero-order chi connectivity index (χ0) is 14.0. The van der Waals surface area contributed by atoms with E-state index in [0.717, 1.165) is 22.5 Å². The maximum Gasteiger partial charge on any atom is 0.0882 e. The topological polar surface area (TPSA) is 50.9 Å². The Balaban J connectivity index is 2.46. The van der Waals surface area contributed by atoms with Crippen molar-refractivity contribution in [3.63, 3.8) is 0 Å². The van der Waals surface area contributed by atoms with E-state index in [4.69, 9.17) is 29.0 Å². The first-order valence-electron chi connectivity index (χ1n) is 5.87. The van der Waals surface area contributed by atoms with Crippen LogP contribution >= 0.6 is 23.2 Å². The lowest BCUT2D eigenvalue weighted by Crippen LogP contribution is -2.29. The summed E-state index contributed by atoms with van der Waals surface area (Å²) in [6.07, 6.45) is 0. The Bertz CT molecular complexity index is 579. The van der Waals surface area contributed by atoms with Gasteiger partial charge in [0.05, 0.1) is 21.8 Å². The van der Waals surface area contributed by atoms with Crippen LogP contribution in [-0.4, -0.2) is 4.98 Å². The van der Waals surface area contributed by atoms with Crippen molar-refractivity contribution in [1.29, 1.82) is 0 Å². The standard InChI is InChI=1S/C14H15Cl2N3/c1-8-5-9(2)18-13(6-8)14(19-17)10-3-4-11(15)12(16)7-10/h3-7,14,19H,17H2,1-2H3. The van der Waals surface area contributed by atoms with Gasteiger partial charge in [-0.05, 0) is 49.2 Å². The van der Waals surface area contributed by atoms with Crippen molar-refractivity contribution in [2.45, 2.75) is 19.9 Å². The Morgan fingerprint density at radius 1 is 1.11 bits per heavy atom. The second-order valence-electron chi connectivity index (χ2n) is 4.48. The van der Waals surface area contributed by atoms with E-state index < -0.39 is 0 Å². The lowest BCUT2D eigenvalue weighted by molar-refractivity contribution is 0.618. The average molecular weight is 296 g/mol. The lowest BCUT2D eigenvalue weighted by Gasteiger charge is -2.17. The van der Waals surface area contributed by atoms with Crippen LogP contribution in [0, 0.1) is 13.8 Å². The molecule has 0 spiro atoms. The highest BCUT2D eigenvalue weighted by molar-refractivity contribution is 6.42. The summed E-state index contributed by atoms with van der Waals surface area (Å²) in [6, 6.07) is 9.25. The summed E-state index contributed by atoms with van der Waals surface area (Å²) in [7, 11) is 0. The van der Waals surface area contributed by atoms with E-state index in [1.807, 2.05) is 32.0 Å². The highest BCUT2D eigenvalue weighted by atomic mass is 35.5. The molecule has 0 radical (unpaired) electrons. The molecule has 0 amide bonds. The number of rotatable bonds is 3. The molecule has 0 aliphatic heterocycles. The Morgan fingerprint density at radius 2 is 1.84 bits per heavy atom. The molecule has 0 bridgehead atoms. The van der Waals surface area contributed by atoms with Crippen LogP contribution in [0.15, 0.2) is 30.3 Å². The molecule has 2 rings (SSSR count). The minimum Gasteiger partial charge on any atom is -0.271 e. The number of nitrogens with two attached hydrogens (primary N) is 1. The van der Waals surface area contributed by atoms with Crippen molar-refractivity contribution < 1.29 is 0 Å². The molecule has 2 aromatic rings. The van der Waals surface area contributed by atoms with Crippen LogP contribution in [0.4, 0.5) is 0 Å². The summed E-state index contributed by atoms with van der Waals surface area (Å²) in [6.45, 7) is 3.99. The molecule has 1 atom stereocenters. The van der Waals surface area contributed by atoms with Crippen LogP contribution in [0.1, 0.15) is 28.6 Å². The number of nitrogens with one attached hydrogen (secondary N) is 1. The number of hydrogen-bond donors (Lipinski definition) is 2. The number of halogens is 2. The third kappa shape index (κ3) is 3.25. The van der Waals surface area contributed by atoms with Crippen LogP contribution < -0.4 is 11.3 Å². The van der Waals surface area contributed by atoms with Crippen molar-refractivity contribution in [3.05, 3.63) is 62.9 Å². The number of pyridine rings is 1. The Labute approximate surface area is 122 Å². The van der Waals surface area contributed by atoms with Gasteiger partial charge < -0.3 is 0 Å². The van der Waals surface area contributed by atoms with E-state index >= 15 is 0 Å². The van der Waals surface area contributed by atoms with Gasteiger partial charge >= 0.3 is 0 Å². The van der Waals surface area contributed by atoms with Gasteiger partial charge in [0.2, 0.25) is 0 Å². The normalized spacial score (nSPS) is 12.5. The molecule has 0 aliphatic rings. The summed E-state index contributed by atoms with van der Waals surface area (Å²) >= 11 is 12.0. The number of hydrogen-bond acceptors (Lipinski definition) is 3. The summed E-state index contributed by atoms with van der Waals surface area (Å²) in [5.74, 6) is 5.66. The van der Waals surface area contributed by atoms with Crippen LogP contribution in [-0.2, 0) is 0 Å². The molecule has 5 heteroatoms. The zero-order valence-electron chi connectivity index (χ0n) is 10.7. The molecular formula is C14H15Cl2N3. The Kier molecular flexibility index (Phi) is 4.42. The summed E-state index contributed by atoms with van der Waals surface area (Å²) in [4.78, 5) is 4.52. The summed E-state index contributed by atoms with van der Waals surface area (Å²) in [5.41, 5.74) is 6.65. The third-order valence-corrected chi connectivity index (χ3v) is 3.60. The molecule has 0 aliphatic carbocycles. The van der Waals surface area contributed by atoms with Gasteiger partial charge in [-0.3, -0.25) is 10.8 Å². The number of aromatic nitrogens is 1. The van der Waals surface area contributed by atoms with Gasteiger partial charge in [0, 0.05) is 5.69 Å².